The monoisotopic (exact) mass is 226 g/mol. The molecule has 1 aromatic heterocycles. The Kier molecular flexibility index (Phi) is 2.60. The fourth-order valence-electron chi connectivity index (χ4n) is 1.34. The molecule has 0 saturated carbocycles. The van der Waals surface area contributed by atoms with Crippen LogP contribution in [-0.2, 0) is 6.42 Å². The second-order valence-electron chi connectivity index (χ2n) is 3.17. The minimum absolute atomic E-state index is 0.0859. The highest BCUT2D eigenvalue weighted by Gasteiger charge is 2.08. The van der Waals surface area contributed by atoms with Gasteiger partial charge in [-0.2, -0.15) is 5.10 Å². The number of hydrogen-bond acceptors (Lipinski definition) is 1. The van der Waals surface area contributed by atoms with Crippen LogP contribution < -0.4 is 4.85 Å². The van der Waals surface area contributed by atoms with Crippen LogP contribution in [-0.4, -0.2) is 5.10 Å². The molecule has 15 heavy (non-hydrogen) atoms. The molecule has 0 saturated heterocycles. The Morgan fingerprint density at radius 1 is 1.40 bits per heavy atom. The number of nitrogens with one attached hydrogen (secondary N) is 1. The molecule has 78 valence electrons. The molecule has 0 aliphatic carbocycles. The predicted molar refractivity (Wildman–Crippen MR) is 54.0 cm³/mol. The minimum Gasteiger partial charge on any atom is -0.596 e. The molecule has 3 nitrogen and oxygen atoms in total. The van der Waals surface area contributed by atoms with Gasteiger partial charge in [0.05, 0.1) is 17.6 Å². The standard InChI is InChI=1S/C10H8ClFN2O/c11-9-2-1-7(6-10(9)12)5-8-3-4-13-14(8)15/h1-4,6,13H,5H2. The summed E-state index contributed by atoms with van der Waals surface area (Å²) in [5, 5.41) is 13.7. The Balaban J connectivity index is 2.25. The van der Waals surface area contributed by atoms with E-state index in [0.29, 0.717) is 22.5 Å². The zero-order valence-electron chi connectivity index (χ0n) is 7.71. The van der Waals surface area contributed by atoms with Gasteiger partial charge in [0.2, 0.25) is 5.69 Å². The van der Waals surface area contributed by atoms with Crippen molar-refractivity contribution >= 4 is 11.6 Å². The molecule has 1 aromatic carbocycles. The van der Waals surface area contributed by atoms with Crippen LogP contribution in [0, 0.1) is 11.0 Å². The molecule has 0 amide bonds. The van der Waals surface area contributed by atoms with Crippen LogP contribution in [0.25, 0.3) is 0 Å². The maximum Gasteiger partial charge on any atom is 0.225 e. The zero-order chi connectivity index (χ0) is 10.8. The number of rotatable bonds is 2. The lowest BCUT2D eigenvalue weighted by Gasteiger charge is -2.00. The van der Waals surface area contributed by atoms with Crippen molar-refractivity contribution in [1.29, 1.82) is 0 Å². The zero-order valence-corrected chi connectivity index (χ0v) is 8.46. The lowest BCUT2D eigenvalue weighted by atomic mass is 10.1. The Morgan fingerprint density at radius 3 is 2.80 bits per heavy atom. The smallest absolute Gasteiger partial charge is 0.225 e. The van der Waals surface area contributed by atoms with E-state index < -0.39 is 5.82 Å². The van der Waals surface area contributed by atoms with Gasteiger partial charge in [-0.3, -0.25) is 0 Å². The van der Waals surface area contributed by atoms with Crippen LogP contribution >= 0.6 is 11.6 Å². The Labute approximate surface area is 90.7 Å². The molecule has 2 rings (SSSR count). The third-order valence-corrected chi connectivity index (χ3v) is 2.40. The third kappa shape index (κ3) is 2.10. The summed E-state index contributed by atoms with van der Waals surface area (Å²) in [5.74, 6) is -0.470. The van der Waals surface area contributed by atoms with Gasteiger partial charge in [-0.15, -0.1) is 0 Å². The van der Waals surface area contributed by atoms with E-state index in [1.54, 1.807) is 12.1 Å². The number of benzene rings is 1. The van der Waals surface area contributed by atoms with Gasteiger partial charge in [0.1, 0.15) is 5.82 Å². The van der Waals surface area contributed by atoms with Crippen molar-refractivity contribution in [3.63, 3.8) is 0 Å². The summed E-state index contributed by atoms with van der Waals surface area (Å²) in [5.41, 5.74) is 1.25. The lowest BCUT2D eigenvalue weighted by Crippen LogP contribution is -2.32. The van der Waals surface area contributed by atoms with Crippen molar-refractivity contribution in [3.05, 3.63) is 57.8 Å². The summed E-state index contributed by atoms with van der Waals surface area (Å²) in [7, 11) is 0. The van der Waals surface area contributed by atoms with Gasteiger partial charge in [0, 0.05) is 6.07 Å². The normalized spacial score (nSPS) is 10.5. The van der Waals surface area contributed by atoms with E-state index in [-0.39, 0.29) is 5.02 Å². The SMILES string of the molecule is [O-][n+]1[nH]ccc1Cc1ccc(Cl)c(F)c1. The van der Waals surface area contributed by atoms with Crippen LogP contribution in [0.4, 0.5) is 4.39 Å². The molecule has 0 aliphatic heterocycles. The fourth-order valence-corrected chi connectivity index (χ4v) is 1.46. The molecule has 0 unspecified atom stereocenters. The van der Waals surface area contributed by atoms with Crippen molar-refractivity contribution in [1.82, 2.24) is 5.10 Å². The van der Waals surface area contributed by atoms with Crippen LogP contribution in [0.5, 0.6) is 0 Å². The number of halogens is 2. The predicted octanol–water partition coefficient (Wildman–Crippen LogP) is 2.03. The topological polar surface area (TPSA) is 42.7 Å². The molecule has 0 atom stereocenters. The molecular weight excluding hydrogens is 219 g/mol. The molecule has 5 heteroatoms. The number of hydrogen-bond donors (Lipinski definition) is 1. The maximum absolute atomic E-state index is 13.1. The van der Waals surface area contributed by atoms with E-state index in [1.807, 2.05) is 0 Å². The third-order valence-electron chi connectivity index (χ3n) is 2.10. The highest BCUT2D eigenvalue weighted by Crippen LogP contribution is 2.16. The van der Waals surface area contributed by atoms with Crippen molar-refractivity contribution in [2.45, 2.75) is 6.42 Å². The molecule has 0 aliphatic rings. The molecule has 0 bridgehead atoms. The van der Waals surface area contributed by atoms with Gasteiger partial charge in [0.25, 0.3) is 0 Å². The number of aromatic amines is 1. The van der Waals surface area contributed by atoms with Gasteiger partial charge in [0.15, 0.2) is 0 Å². The van der Waals surface area contributed by atoms with E-state index in [0.717, 1.165) is 0 Å². The van der Waals surface area contributed by atoms with E-state index in [9.17, 15) is 9.60 Å². The molecule has 2 aromatic rings. The molecule has 0 fully saturated rings. The van der Waals surface area contributed by atoms with E-state index in [4.69, 9.17) is 11.6 Å². The van der Waals surface area contributed by atoms with Crippen LogP contribution in [0.2, 0.25) is 5.02 Å². The van der Waals surface area contributed by atoms with Crippen molar-refractivity contribution in [3.8, 4) is 0 Å². The first-order valence-corrected chi connectivity index (χ1v) is 4.74. The van der Waals surface area contributed by atoms with Crippen LogP contribution in [0.15, 0.2) is 30.5 Å². The fraction of sp³-hybridized carbons (Fsp3) is 0.100. The van der Waals surface area contributed by atoms with E-state index >= 15 is 0 Å². The van der Waals surface area contributed by atoms with Crippen molar-refractivity contribution in [2.75, 3.05) is 0 Å². The van der Waals surface area contributed by atoms with Gasteiger partial charge < -0.3 is 5.21 Å². The van der Waals surface area contributed by atoms with Crippen molar-refractivity contribution in [2.24, 2.45) is 0 Å². The number of aromatic nitrogens is 2. The summed E-state index contributed by atoms with van der Waals surface area (Å²) in [4.78, 5) is 0.645. The van der Waals surface area contributed by atoms with Crippen molar-refractivity contribution < 1.29 is 9.24 Å². The second-order valence-corrected chi connectivity index (χ2v) is 3.58. The molecule has 1 N–H and O–H groups in total. The highest BCUT2D eigenvalue weighted by atomic mass is 35.5. The van der Waals surface area contributed by atoms with E-state index in [2.05, 4.69) is 5.10 Å². The maximum atomic E-state index is 13.1. The summed E-state index contributed by atoms with van der Waals surface area (Å²) in [6.45, 7) is 0. The molecular formula is C10H8ClFN2O. The average molecular weight is 227 g/mol. The quantitative estimate of drug-likeness (QED) is 0.618. The second kappa shape index (κ2) is 3.90. The molecule has 0 radical (unpaired) electrons. The summed E-state index contributed by atoms with van der Waals surface area (Å²) < 4.78 is 13.1. The van der Waals surface area contributed by atoms with Gasteiger partial charge in [-0.25, -0.2) is 4.39 Å². The summed E-state index contributed by atoms with van der Waals surface area (Å²) >= 11 is 5.55. The van der Waals surface area contributed by atoms with E-state index in [1.165, 1.54) is 18.3 Å². The van der Waals surface area contributed by atoms with Gasteiger partial charge >= 0.3 is 0 Å². The van der Waals surface area contributed by atoms with Crippen LogP contribution in [0.1, 0.15) is 11.3 Å². The number of H-pyrrole nitrogens is 1. The summed E-state index contributed by atoms with van der Waals surface area (Å²) in [6.07, 6.45) is 1.91. The first-order chi connectivity index (χ1) is 7.16. The first kappa shape index (κ1) is 9.98. The van der Waals surface area contributed by atoms with Gasteiger partial charge in [-0.05, 0) is 17.7 Å². The largest absolute Gasteiger partial charge is 0.596 e. The molecule has 1 heterocycles. The van der Waals surface area contributed by atoms with Gasteiger partial charge in [-0.1, -0.05) is 22.5 Å². The Hall–Kier alpha value is -1.55. The summed E-state index contributed by atoms with van der Waals surface area (Å²) in [6, 6.07) is 6.15. The number of nitrogens with zero attached hydrogens (tertiary/aromatic N) is 1. The highest BCUT2D eigenvalue weighted by molar-refractivity contribution is 6.30. The first-order valence-electron chi connectivity index (χ1n) is 4.36. The lowest BCUT2D eigenvalue weighted by molar-refractivity contribution is -0.671. The minimum atomic E-state index is -0.470. The van der Waals surface area contributed by atoms with Crippen LogP contribution in [0.3, 0.4) is 0 Å². The Morgan fingerprint density at radius 2 is 2.20 bits per heavy atom. The average Bonchev–Trinajstić information content (AvgIpc) is 2.59. The molecule has 0 spiro atoms. The Bertz CT molecular complexity index is 484.